The number of ether oxygens (including phenoxy) is 1. The highest BCUT2D eigenvalue weighted by Crippen LogP contribution is 2.22. The Balaban J connectivity index is 0.000000326. The first-order chi connectivity index (χ1) is 13.6. The SMILES string of the molecule is COc1ccc([N+](=O)[O-])cc1C=NN=C(N)NO.Cc1ccc(S(=O)(=O)O)cc1. The zero-order valence-corrected chi connectivity index (χ0v) is 16.2. The van der Waals surface area contributed by atoms with Gasteiger partial charge in [0.1, 0.15) is 5.75 Å². The molecule has 0 heterocycles. The van der Waals surface area contributed by atoms with E-state index < -0.39 is 15.0 Å². The van der Waals surface area contributed by atoms with E-state index in [1.54, 1.807) is 17.6 Å². The monoisotopic (exact) mass is 425 g/mol. The second-order valence-corrected chi connectivity index (χ2v) is 6.73. The minimum absolute atomic E-state index is 0.0666. The summed E-state index contributed by atoms with van der Waals surface area (Å²) in [4.78, 5) is 10.0. The first-order valence-electron chi connectivity index (χ1n) is 7.71. The molecule has 0 aromatic heterocycles. The smallest absolute Gasteiger partial charge is 0.294 e. The van der Waals surface area contributed by atoms with Crippen molar-refractivity contribution >= 4 is 28.0 Å². The van der Waals surface area contributed by atoms with Crippen LogP contribution in [0, 0.1) is 17.0 Å². The number of nitrogens with one attached hydrogen (secondary N) is 1. The van der Waals surface area contributed by atoms with Gasteiger partial charge >= 0.3 is 0 Å². The molecule has 12 nitrogen and oxygen atoms in total. The number of nitrogens with two attached hydrogens (primary N) is 1. The zero-order chi connectivity index (χ0) is 22.0. The lowest BCUT2D eigenvalue weighted by molar-refractivity contribution is -0.384. The van der Waals surface area contributed by atoms with Crippen LogP contribution in [0.25, 0.3) is 0 Å². The number of guanidine groups is 1. The van der Waals surface area contributed by atoms with E-state index in [9.17, 15) is 18.5 Å². The van der Waals surface area contributed by atoms with E-state index in [0.717, 1.165) is 5.56 Å². The van der Waals surface area contributed by atoms with Gasteiger partial charge in [0.25, 0.3) is 15.8 Å². The van der Waals surface area contributed by atoms with Gasteiger partial charge in [0.05, 0.1) is 23.1 Å². The van der Waals surface area contributed by atoms with E-state index in [1.165, 1.54) is 43.7 Å². The highest BCUT2D eigenvalue weighted by atomic mass is 32.2. The van der Waals surface area contributed by atoms with Gasteiger partial charge < -0.3 is 10.5 Å². The predicted octanol–water partition coefficient (Wildman–Crippen LogP) is 1.47. The van der Waals surface area contributed by atoms with Gasteiger partial charge in [-0.2, -0.15) is 13.5 Å². The molecule has 0 bridgehead atoms. The van der Waals surface area contributed by atoms with Crippen LogP contribution in [0.4, 0.5) is 5.69 Å². The van der Waals surface area contributed by atoms with Gasteiger partial charge in [0, 0.05) is 17.7 Å². The number of methoxy groups -OCH3 is 1. The number of aryl methyl sites for hydroxylation is 1. The normalized spacial score (nSPS) is 11.5. The lowest BCUT2D eigenvalue weighted by Gasteiger charge is -2.03. The van der Waals surface area contributed by atoms with Gasteiger partial charge in [-0.15, -0.1) is 5.10 Å². The molecule has 0 amide bonds. The van der Waals surface area contributed by atoms with Crippen molar-refractivity contribution in [3.63, 3.8) is 0 Å². The summed E-state index contributed by atoms with van der Waals surface area (Å²) in [5.74, 6) is 0.0886. The Morgan fingerprint density at radius 1 is 1.28 bits per heavy atom. The van der Waals surface area contributed by atoms with Crippen molar-refractivity contribution in [2.45, 2.75) is 11.8 Å². The van der Waals surface area contributed by atoms with E-state index in [0.29, 0.717) is 11.3 Å². The predicted molar refractivity (Wildman–Crippen MR) is 105 cm³/mol. The molecule has 156 valence electrons. The molecule has 0 spiro atoms. The maximum absolute atomic E-state index is 10.6. The van der Waals surface area contributed by atoms with Gasteiger partial charge in [-0.1, -0.05) is 17.7 Å². The minimum atomic E-state index is -4.02. The van der Waals surface area contributed by atoms with Gasteiger partial charge in [-0.05, 0) is 25.1 Å². The number of hydrogen-bond acceptors (Lipinski definition) is 8. The summed E-state index contributed by atoms with van der Waals surface area (Å²) >= 11 is 0. The zero-order valence-electron chi connectivity index (χ0n) is 15.4. The summed E-state index contributed by atoms with van der Waals surface area (Å²) in [6.07, 6.45) is 1.22. The van der Waals surface area contributed by atoms with Gasteiger partial charge in [0.2, 0.25) is 5.96 Å². The summed E-state index contributed by atoms with van der Waals surface area (Å²) in [6, 6.07) is 10.0. The molecular weight excluding hydrogens is 406 g/mol. The summed E-state index contributed by atoms with van der Waals surface area (Å²) < 4.78 is 34.6. The van der Waals surface area contributed by atoms with Crippen LogP contribution in [0.2, 0.25) is 0 Å². The third-order valence-electron chi connectivity index (χ3n) is 3.22. The van der Waals surface area contributed by atoms with Crippen molar-refractivity contribution in [3.05, 3.63) is 63.7 Å². The molecule has 0 saturated heterocycles. The lowest BCUT2D eigenvalue weighted by Crippen LogP contribution is -2.27. The van der Waals surface area contributed by atoms with E-state index in [1.807, 2.05) is 6.92 Å². The molecule has 0 radical (unpaired) electrons. The van der Waals surface area contributed by atoms with Crippen LogP contribution in [-0.4, -0.2) is 42.4 Å². The molecule has 2 aromatic rings. The number of rotatable bonds is 5. The fraction of sp³-hybridized carbons (Fsp3) is 0.125. The fourth-order valence-corrected chi connectivity index (χ4v) is 2.30. The van der Waals surface area contributed by atoms with Crippen LogP contribution in [0.15, 0.2) is 57.6 Å². The Hall–Kier alpha value is -3.55. The van der Waals surface area contributed by atoms with Crippen LogP contribution in [-0.2, 0) is 10.1 Å². The Labute approximate surface area is 166 Å². The maximum Gasteiger partial charge on any atom is 0.294 e. The number of hydrogen-bond donors (Lipinski definition) is 4. The average Bonchev–Trinajstić information content (AvgIpc) is 2.67. The van der Waals surface area contributed by atoms with E-state index in [2.05, 4.69) is 10.2 Å². The van der Waals surface area contributed by atoms with Crippen LogP contribution in [0.3, 0.4) is 0 Å². The molecule has 0 unspecified atom stereocenters. The number of nitrogens with zero attached hydrogens (tertiary/aromatic N) is 3. The molecular formula is C16H19N5O7S. The average molecular weight is 425 g/mol. The highest BCUT2D eigenvalue weighted by molar-refractivity contribution is 7.85. The Kier molecular flexibility index (Phi) is 8.67. The van der Waals surface area contributed by atoms with Crippen molar-refractivity contribution in [1.82, 2.24) is 5.48 Å². The van der Waals surface area contributed by atoms with Crippen molar-refractivity contribution < 1.29 is 27.8 Å². The number of hydroxylamine groups is 1. The molecule has 2 aromatic carbocycles. The van der Waals surface area contributed by atoms with Crippen molar-refractivity contribution in [2.24, 2.45) is 15.9 Å². The summed E-state index contributed by atoms with van der Waals surface area (Å²) in [5, 5.41) is 25.9. The number of benzene rings is 2. The molecule has 5 N–H and O–H groups in total. The summed E-state index contributed by atoms with van der Waals surface area (Å²) in [6.45, 7) is 1.84. The van der Waals surface area contributed by atoms with Gasteiger partial charge in [0.15, 0.2) is 0 Å². The largest absolute Gasteiger partial charge is 0.496 e. The molecule has 0 saturated carbocycles. The maximum atomic E-state index is 10.6. The summed E-state index contributed by atoms with van der Waals surface area (Å²) in [5.41, 5.74) is 7.92. The van der Waals surface area contributed by atoms with Crippen molar-refractivity contribution in [3.8, 4) is 5.75 Å². The third kappa shape index (κ3) is 7.92. The van der Waals surface area contributed by atoms with Gasteiger partial charge in [-0.3, -0.25) is 19.9 Å². The molecule has 2 rings (SSSR count). The lowest BCUT2D eigenvalue weighted by atomic mass is 10.2. The van der Waals surface area contributed by atoms with Crippen molar-refractivity contribution in [2.75, 3.05) is 7.11 Å². The molecule has 0 fully saturated rings. The fourth-order valence-electron chi connectivity index (χ4n) is 1.82. The van der Waals surface area contributed by atoms with Crippen molar-refractivity contribution in [1.29, 1.82) is 0 Å². The second kappa shape index (κ2) is 10.7. The number of non-ortho nitro benzene ring substituents is 1. The number of nitro groups is 1. The first kappa shape index (κ1) is 23.5. The molecule has 29 heavy (non-hydrogen) atoms. The van der Waals surface area contributed by atoms with E-state index >= 15 is 0 Å². The Morgan fingerprint density at radius 3 is 2.38 bits per heavy atom. The minimum Gasteiger partial charge on any atom is -0.496 e. The standard InChI is InChI=1S/C9H11N5O4.C7H8O3S/c1-18-8-3-2-7(14(16)17)4-6(8)5-11-12-9(10)13-15;1-6-2-4-7(5-3-6)11(8,9)10/h2-5,15H,1H3,(H3,10,12,13);2-5H,1H3,(H,8,9,10). The highest BCUT2D eigenvalue weighted by Gasteiger charge is 2.09. The van der Waals surface area contributed by atoms with Crippen LogP contribution in [0.5, 0.6) is 5.75 Å². The Bertz CT molecular complexity index is 1000. The van der Waals surface area contributed by atoms with Crippen LogP contribution >= 0.6 is 0 Å². The van der Waals surface area contributed by atoms with E-state index in [4.69, 9.17) is 20.2 Å². The molecule has 0 aliphatic carbocycles. The third-order valence-corrected chi connectivity index (χ3v) is 4.09. The topological polar surface area (TPSA) is 190 Å². The molecule has 0 aliphatic heterocycles. The Morgan fingerprint density at radius 2 is 1.90 bits per heavy atom. The van der Waals surface area contributed by atoms with E-state index in [-0.39, 0.29) is 16.5 Å². The second-order valence-electron chi connectivity index (χ2n) is 5.31. The first-order valence-corrected chi connectivity index (χ1v) is 9.15. The van der Waals surface area contributed by atoms with Crippen LogP contribution < -0.4 is 16.0 Å². The quantitative estimate of drug-likeness (QED) is 0.181. The molecule has 0 aliphatic rings. The molecule has 13 heteroatoms. The number of nitro benzene ring substituents is 1. The van der Waals surface area contributed by atoms with Crippen LogP contribution in [0.1, 0.15) is 11.1 Å². The molecule has 0 atom stereocenters. The van der Waals surface area contributed by atoms with Gasteiger partial charge in [-0.25, -0.2) is 5.48 Å². The summed E-state index contributed by atoms with van der Waals surface area (Å²) in [7, 11) is -2.60.